The predicted octanol–water partition coefficient (Wildman–Crippen LogP) is 2.62. The zero-order valence-corrected chi connectivity index (χ0v) is 10.6. The first-order valence-corrected chi connectivity index (χ1v) is 6.28. The Bertz CT molecular complexity index is 373. The summed E-state index contributed by atoms with van der Waals surface area (Å²) in [7, 11) is 0. The molecule has 3 N–H and O–H groups in total. The molecule has 0 bridgehead atoms. The number of benzene rings is 1. The Hall–Kier alpha value is -0.280. The Morgan fingerprint density at radius 1 is 1.25 bits per heavy atom. The quantitative estimate of drug-likeness (QED) is 0.856. The van der Waals surface area contributed by atoms with Crippen molar-refractivity contribution in [1.82, 2.24) is 5.32 Å². The minimum absolute atomic E-state index is 0.139. The summed E-state index contributed by atoms with van der Waals surface area (Å²) < 4.78 is 0. The summed E-state index contributed by atoms with van der Waals surface area (Å²) in [6, 6.07) is 5.56. The summed E-state index contributed by atoms with van der Waals surface area (Å²) in [5, 5.41) is 4.79. The van der Waals surface area contributed by atoms with Gasteiger partial charge in [0.1, 0.15) is 0 Å². The molecule has 1 saturated heterocycles. The van der Waals surface area contributed by atoms with Gasteiger partial charge in [0.05, 0.1) is 0 Å². The molecule has 0 unspecified atom stereocenters. The van der Waals surface area contributed by atoms with E-state index in [1.807, 2.05) is 12.1 Å². The van der Waals surface area contributed by atoms with E-state index in [1.54, 1.807) is 6.07 Å². The van der Waals surface area contributed by atoms with Crippen LogP contribution in [0.25, 0.3) is 0 Å². The number of piperidine rings is 1. The Labute approximate surface area is 106 Å². The van der Waals surface area contributed by atoms with Gasteiger partial charge >= 0.3 is 0 Å². The van der Waals surface area contributed by atoms with Crippen molar-refractivity contribution in [3.8, 4) is 0 Å². The van der Waals surface area contributed by atoms with E-state index in [1.165, 1.54) is 0 Å². The Morgan fingerprint density at radius 3 is 2.62 bits per heavy atom. The lowest BCUT2D eigenvalue weighted by molar-refractivity contribution is 0.308. The predicted molar refractivity (Wildman–Crippen MR) is 69.2 cm³/mol. The van der Waals surface area contributed by atoms with Crippen LogP contribution in [0.5, 0.6) is 0 Å². The smallest absolute Gasteiger partial charge is 0.0439 e. The standard InChI is InChI=1S/C12H16Cl2N2/c13-10-1-2-11(14)9(7-10)8-12(15)3-5-16-6-4-12/h1-2,7,16H,3-6,8,15H2. The highest BCUT2D eigenvalue weighted by molar-refractivity contribution is 6.33. The summed E-state index contributed by atoms with van der Waals surface area (Å²) in [6.07, 6.45) is 2.76. The molecule has 88 valence electrons. The third-order valence-corrected chi connectivity index (χ3v) is 3.75. The zero-order chi connectivity index (χ0) is 11.6. The number of rotatable bonds is 2. The van der Waals surface area contributed by atoms with Gasteiger partial charge in [-0.2, -0.15) is 0 Å². The van der Waals surface area contributed by atoms with E-state index >= 15 is 0 Å². The molecule has 0 radical (unpaired) electrons. The topological polar surface area (TPSA) is 38.0 Å². The van der Waals surface area contributed by atoms with Gasteiger partial charge in [0.25, 0.3) is 0 Å². The molecule has 0 amide bonds. The van der Waals surface area contributed by atoms with Gasteiger partial charge in [0, 0.05) is 15.6 Å². The first kappa shape index (κ1) is 12.2. The first-order valence-electron chi connectivity index (χ1n) is 5.53. The average molecular weight is 259 g/mol. The van der Waals surface area contributed by atoms with E-state index in [2.05, 4.69) is 5.32 Å². The van der Waals surface area contributed by atoms with E-state index in [0.717, 1.165) is 48.0 Å². The van der Waals surface area contributed by atoms with Crippen LogP contribution in [0.4, 0.5) is 0 Å². The van der Waals surface area contributed by atoms with E-state index < -0.39 is 0 Å². The summed E-state index contributed by atoms with van der Waals surface area (Å²) in [5.74, 6) is 0. The maximum atomic E-state index is 6.37. The van der Waals surface area contributed by atoms with Crippen LogP contribution in [0.1, 0.15) is 18.4 Å². The fourth-order valence-electron chi connectivity index (χ4n) is 2.16. The van der Waals surface area contributed by atoms with Crippen LogP contribution >= 0.6 is 23.2 Å². The minimum Gasteiger partial charge on any atom is -0.325 e. The molecule has 1 aliphatic heterocycles. The van der Waals surface area contributed by atoms with Crippen molar-refractivity contribution in [2.24, 2.45) is 5.73 Å². The summed E-state index contributed by atoms with van der Waals surface area (Å²) >= 11 is 12.1. The highest BCUT2D eigenvalue weighted by Crippen LogP contribution is 2.27. The van der Waals surface area contributed by atoms with Crippen molar-refractivity contribution in [2.75, 3.05) is 13.1 Å². The van der Waals surface area contributed by atoms with E-state index in [0.29, 0.717) is 0 Å². The normalized spacial score (nSPS) is 19.7. The van der Waals surface area contributed by atoms with Crippen molar-refractivity contribution < 1.29 is 0 Å². The van der Waals surface area contributed by atoms with Crippen molar-refractivity contribution in [1.29, 1.82) is 0 Å². The van der Waals surface area contributed by atoms with Crippen molar-refractivity contribution in [2.45, 2.75) is 24.8 Å². The van der Waals surface area contributed by atoms with Crippen LogP contribution in [-0.2, 0) is 6.42 Å². The maximum absolute atomic E-state index is 6.37. The molecule has 0 spiro atoms. The molecular weight excluding hydrogens is 243 g/mol. The monoisotopic (exact) mass is 258 g/mol. The second-order valence-corrected chi connectivity index (χ2v) is 5.37. The van der Waals surface area contributed by atoms with Crippen molar-refractivity contribution in [3.05, 3.63) is 33.8 Å². The molecule has 0 atom stereocenters. The number of hydrogen-bond donors (Lipinski definition) is 2. The number of nitrogens with one attached hydrogen (secondary N) is 1. The molecule has 1 aromatic rings. The molecule has 16 heavy (non-hydrogen) atoms. The van der Waals surface area contributed by atoms with Crippen LogP contribution in [0, 0.1) is 0 Å². The molecule has 4 heteroatoms. The molecule has 0 aromatic heterocycles. The van der Waals surface area contributed by atoms with E-state index in [-0.39, 0.29) is 5.54 Å². The lowest BCUT2D eigenvalue weighted by Gasteiger charge is -2.34. The molecule has 2 nitrogen and oxygen atoms in total. The largest absolute Gasteiger partial charge is 0.325 e. The fourth-order valence-corrected chi connectivity index (χ4v) is 2.54. The van der Waals surface area contributed by atoms with Crippen LogP contribution in [0.3, 0.4) is 0 Å². The number of halogens is 2. The highest BCUT2D eigenvalue weighted by atomic mass is 35.5. The average Bonchev–Trinajstić information content (AvgIpc) is 2.24. The lowest BCUT2D eigenvalue weighted by atomic mass is 9.83. The van der Waals surface area contributed by atoms with Crippen LogP contribution in [-0.4, -0.2) is 18.6 Å². The molecule has 1 aliphatic rings. The third kappa shape index (κ3) is 2.89. The van der Waals surface area contributed by atoms with Crippen molar-refractivity contribution >= 4 is 23.2 Å². The van der Waals surface area contributed by atoms with E-state index in [9.17, 15) is 0 Å². The van der Waals surface area contributed by atoms with Gasteiger partial charge in [-0.15, -0.1) is 0 Å². The van der Waals surface area contributed by atoms with Gasteiger partial charge in [0.2, 0.25) is 0 Å². The van der Waals surface area contributed by atoms with Gasteiger partial charge in [-0.25, -0.2) is 0 Å². The zero-order valence-electron chi connectivity index (χ0n) is 9.10. The van der Waals surface area contributed by atoms with Crippen LogP contribution in [0.15, 0.2) is 18.2 Å². The molecular formula is C12H16Cl2N2. The number of hydrogen-bond acceptors (Lipinski definition) is 2. The summed E-state index contributed by atoms with van der Waals surface area (Å²) in [6.45, 7) is 1.96. The Morgan fingerprint density at radius 2 is 1.94 bits per heavy atom. The lowest BCUT2D eigenvalue weighted by Crippen LogP contribution is -2.50. The highest BCUT2D eigenvalue weighted by Gasteiger charge is 2.28. The van der Waals surface area contributed by atoms with Crippen LogP contribution < -0.4 is 11.1 Å². The first-order chi connectivity index (χ1) is 7.59. The summed E-state index contributed by atoms with van der Waals surface area (Å²) in [5.41, 5.74) is 7.28. The van der Waals surface area contributed by atoms with Gasteiger partial charge in [-0.3, -0.25) is 0 Å². The maximum Gasteiger partial charge on any atom is 0.0439 e. The Kier molecular flexibility index (Phi) is 3.75. The van der Waals surface area contributed by atoms with Gasteiger partial charge in [0.15, 0.2) is 0 Å². The van der Waals surface area contributed by atoms with Crippen molar-refractivity contribution in [3.63, 3.8) is 0 Å². The molecule has 2 rings (SSSR count). The van der Waals surface area contributed by atoms with Gasteiger partial charge in [-0.1, -0.05) is 23.2 Å². The van der Waals surface area contributed by atoms with Gasteiger partial charge < -0.3 is 11.1 Å². The van der Waals surface area contributed by atoms with E-state index in [4.69, 9.17) is 28.9 Å². The fraction of sp³-hybridized carbons (Fsp3) is 0.500. The molecule has 1 heterocycles. The molecule has 1 aromatic carbocycles. The SMILES string of the molecule is NC1(Cc2cc(Cl)ccc2Cl)CCNCC1. The van der Waals surface area contributed by atoms with Gasteiger partial charge in [-0.05, 0) is 56.1 Å². The minimum atomic E-state index is -0.139. The van der Waals surface area contributed by atoms with Crippen LogP contribution in [0.2, 0.25) is 10.0 Å². The Balaban J connectivity index is 2.15. The second kappa shape index (κ2) is 4.92. The summed E-state index contributed by atoms with van der Waals surface area (Å²) in [4.78, 5) is 0. The molecule has 1 fully saturated rings. The third-order valence-electron chi connectivity index (χ3n) is 3.15. The second-order valence-electron chi connectivity index (χ2n) is 4.52. The molecule has 0 aliphatic carbocycles. The molecule has 0 saturated carbocycles. The number of nitrogens with two attached hydrogens (primary N) is 1.